The Morgan fingerprint density at radius 1 is 1.43 bits per heavy atom. The molecule has 1 aliphatic carbocycles. The van der Waals surface area contributed by atoms with Crippen molar-refractivity contribution in [2.75, 3.05) is 0 Å². The zero-order valence-electron chi connectivity index (χ0n) is 8.16. The van der Waals surface area contributed by atoms with Gasteiger partial charge in [-0.1, -0.05) is 6.07 Å². The Hall–Kier alpha value is -0.600. The summed E-state index contributed by atoms with van der Waals surface area (Å²) in [7, 11) is 0. The predicted octanol–water partition coefficient (Wildman–Crippen LogP) is 2.97. The van der Waals surface area contributed by atoms with Crippen LogP contribution in [-0.2, 0) is 0 Å². The second-order valence-electron chi connectivity index (χ2n) is 3.86. The number of nitrogens with two attached hydrogens (primary N) is 1. The highest BCUT2D eigenvalue weighted by atomic mass is 35.5. The van der Waals surface area contributed by atoms with Crippen molar-refractivity contribution < 1.29 is 4.39 Å². The maximum Gasteiger partial charge on any atom is 0.123 e. The molecule has 1 fully saturated rings. The van der Waals surface area contributed by atoms with Crippen LogP contribution in [-0.4, -0.2) is 0 Å². The van der Waals surface area contributed by atoms with E-state index in [0.29, 0.717) is 5.92 Å². The van der Waals surface area contributed by atoms with E-state index in [1.807, 2.05) is 13.0 Å². The van der Waals surface area contributed by atoms with E-state index in [-0.39, 0.29) is 24.3 Å². The molecule has 1 nitrogen and oxygen atoms in total. The zero-order valence-corrected chi connectivity index (χ0v) is 8.98. The molecule has 0 amide bonds. The highest BCUT2D eigenvalue weighted by Crippen LogP contribution is 2.40. The summed E-state index contributed by atoms with van der Waals surface area (Å²) in [5, 5.41) is 0. The van der Waals surface area contributed by atoms with Crippen molar-refractivity contribution in [1.82, 2.24) is 0 Å². The van der Waals surface area contributed by atoms with Gasteiger partial charge in [-0.3, -0.25) is 0 Å². The van der Waals surface area contributed by atoms with Gasteiger partial charge in [0.2, 0.25) is 0 Å². The van der Waals surface area contributed by atoms with E-state index >= 15 is 0 Å². The second kappa shape index (κ2) is 4.28. The maximum atomic E-state index is 12.8. The Morgan fingerprint density at radius 3 is 2.57 bits per heavy atom. The summed E-state index contributed by atoms with van der Waals surface area (Å²) < 4.78 is 12.8. The molecule has 0 aromatic heterocycles. The highest BCUT2D eigenvalue weighted by molar-refractivity contribution is 5.85. The minimum Gasteiger partial charge on any atom is -0.324 e. The summed E-state index contributed by atoms with van der Waals surface area (Å²) in [6, 6.07) is 4.97. The quantitative estimate of drug-likeness (QED) is 0.807. The van der Waals surface area contributed by atoms with Crippen LogP contribution in [0.5, 0.6) is 0 Å². The molecule has 0 bridgehead atoms. The normalized spacial score (nSPS) is 17.4. The van der Waals surface area contributed by atoms with Crippen LogP contribution in [0, 0.1) is 18.7 Å². The molecule has 78 valence electrons. The van der Waals surface area contributed by atoms with E-state index < -0.39 is 0 Å². The number of halogens is 2. The summed E-state index contributed by atoms with van der Waals surface area (Å²) >= 11 is 0. The molecule has 1 aliphatic rings. The average molecular weight is 216 g/mol. The molecule has 1 unspecified atom stereocenters. The molecule has 2 rings (SSSR count). The topological polar surface area (TPSA) is 26.0 Å². The lowest BCUT2D eigenvalue weighted by molar-refractivity contribution is 0.609. The van der Waals surface area contributed by atoms with Crippen LogP contribution in [0.15, 0.2) is 18.2 Å². The van der Waals surface area contributed by atoms with E-state index in [4.69, 9.17) is 5.73 Å². The monoisotopic (exact) mass is 215 g/mol. The molecule has 0 saturated heterocycles. The van der Waals surface area contributed by atoms with Crippen molar-refractivity contribution in [1.29, 1.82) is 0 Å². The smallest absolute Gasteiger partial charge is 0.123 e. The van der Waals surface area contributed by atoms with Crippen molar-refractivity contribution >= 4 is 12.4 Å². The summed E-state index contributed by atoms with van der Waals surface area (Å²) in [6.45, 7) is 1.92. The fourth-order valence-electron chi connectivity index (χ4n) is 1.72. The number of rotatable bonds is 2. The van der Waals surface area contributed by atoms with Crippen LogP contribution in [0.25, 0.3) is 0 Å². The van der Waals surface area contributed by atoms with Crippen molar-refractivity contribution in [3.05, 3.63) is 35.1 Å². The lowest BCUT2D eigenvalue weighted by Gasteiger charge is -2.13. The highest BCUT2D eigenvalue weighted by Gasteiger charge is 2.30. The third-order valence-electron chi connectivity index (χ3n) is 2.72. The third-order valence-corrected chi connectivity index (χ3v) is 2.72. The van der Waals surface area contributed by atoms with Crippen LogP contribution in [0.4, 0.5) is 4.39 Å². The zero-order chi connectivity index (χ0) is 9.42. The van der Waals surface area contributed by atoms with Crippen LogP contribution in [0.2, 0.25) is 0 Å². The van der Waals surface area contributed by atoms with Gasteiger partial charge in [-0.2, -0.15) is 0 Å². The van der Waals surface area contributed by atoms with Gasteiger partial charge in [0, 0.05) is 6.04 Å². The largest absolute Gasteiger partial charge is 0.324 e. The Labute approximate surface area is 89.9 Å². The van der Waals surface area contributed by atoms with E-state index in [1.54, 1.807) is 6.07 Å². The number of hydrogen-bond acceptors (Lipinski definition) is 1. The molecule has 2 N–H and O–H groups in total. The Morgan fingerprint density at radius 2 is 2.07 bits per heavy atom. The molecule has 1 aromatic carbocycles. The molecule has 0 radical (unpaired) electrons. The van der Waals surface area contributed by atoms with Crippen molar-refractivity contribution in [3.63, 3.8) is 0 Å². The van der Waals surface area contributed by atoms with Crippen molar-refractivity contribution in [2.24, 2.45) is 11.7 Å². The lowest BCUT2D eigenvalue weighted by atomic mass is 9.98. The first kappa shape index (κ1) is 11.5. The molecular weight excluding hydrogens is 201 g/mol. The van der Waals surface area contributed by atoms with Gasteiger partial charge in [0.1, 0.15) is 5.82 Å². The third kappa shape index (κ3) is 2.25. The molecule has 0 spiro atoms. The Kier molecular flexibility index (Phi) is 3.51. The summed E-state index contributed by atoms with van der Waals surface area (Å²) in [4.78, 5) is 0. The SMILES string of the molecule is Cc1cc(F)ccc1C(N)C1CC1.Cl. The Bertz CT molecular complexity index is 323. The minimum absolute atomic E-state index is 0. The van der Waals surface area contributed by atoms with Crippen LogP contribution in [0.3, 0.4) is 0 Å². The van der Waals surface area contributed by atoms with Gasteiger partial charge in [0.25, 0.3) is 0 Å². The fraction of sp³-hybridized carbons (Fsp3) is 0.455. The molecule has 0 heterocycles. The molecule has 1 saturated carbocycles. The van der Waals surface area contributed by atoms with Crippen LogP contribution in [0.1, 0.15) is 30.0 Å². The summed E-state index contributed by atoms with van der Waals surface area (Å²) in [5.41, 5.74) is 8.10. The van der Waals surface area contributed by atoms with Gasteiger partial charge in [0.15, 0.2) is 0 Å². The van der Waals surface area contributed by atoms with E-state index in [9.17, 15) is 4.39 Å². The molecule has 3 heteroatoms. The van der Waals surface area contributed by atoms with Gasteiger partial charge < -0.3 is 5.73 Å². The first-order valence-electron chi connectivity index (χ1n) is 4.70. The molecule has 1 atom stereocenters. The number of benzene rings is 1. The van der Waals surface area contributed by atoms with Gasteiger partial charge in [0.05, 0.1) is 0 Å². The van der Waals surface area contributed by atoms with Gasteiger partial charge >= 0.3 is 0 Å². The first-order chi connectivity index (χ1) is 6.18. The number of hydrogen-bond donors (Lipinski definition) is 1. The summed E-state index contributed by atoms with van der Waals surface area (Å²) in [5.74, 6) is 0.452. The lowest BCUT2D eigenvalue weighted by Crippen LogP contribution is -2.13. The maximum absolute atomic E-state index is 12.8. The standard InChI is InChI=1S/C11H14FN.ClH/c1-7-6-9(12)4-5-10(7)11(13)8-2-3-8;/h4-6,8,11H,2-3,13H2,1H3;1H. The van der Waals surface area contributed by atoms with Crippen LogP contribution < -0.4 is 5.73 Å². The van der Waals surface area contributed by atoms with Crippen molar-refractivity contribution in [2.45, 2.75) is 25.8 Å². The molecular formula is C11H15ClFN. The van der Waals surface area contributed by atoms with E-state index in [0.717, 1.165) is 11.1 Å². The molecule has 1 aromatic rings. The number of aryl methyl sites for hydroxylation is 1. The summed E-state index contributed by atoms with van der Waals surface area (Å²) in [6.07, 6.45) is 2.44. The second-order valence-corrected chi connectivity index (χ2v) is 3.86. The first-order valence-corrected chi connectivity index (χ1v) is 4.70. The average Bonchev–Trinajstić information content (AvgIpc) is 2.85. The minimum atomic E-state index is -0.177. The Balaban J connectivity index is 0.000000980. The van der Waals surface area contributed by atoms with Crippen LogP contribution >= 0.6 is 12.4 Å². The fourth-order valence-corrected chi connectivity index (χ4v) is 1.72. The van der Waals surface area contributed by atoms with Gasteiger partial charge in [-0.25, -0.2) is 4.39 Å². The molecule has 0 aliphatic heterocycles. The van der Waals surface area contributed by atoms with Gasteiger partial charge in [-0.05, 0) is 48.9 Å². The van der Waals surface area contributed by atoms with E-state index in [1.165, 1.54) is 18.9 Å². The van der Waals surface area contributed by atoms with Gasteiger partial charge in [-0.15, -0.1) is 12.4 Å². The predicted molar refractivity (Wildman–Crippen MR) is 58.0 cm³/mol. The van der Waals surface area contributed by atoms with E-state index in [2.05, 4.69) is 0 Å². The molecule has 14 heavy (non-hydrogen) atoms. The van der Waals surface area contributed by atoms with Crippen molar-refractivity contribution in [3.8, 4) is 0 Å².